The van der Waals surface area contributed by atoms with Crippen LogP contribution in [0.25, 0.3) is 5.57 Å². The Kier molecular flexibility index (Phi) is 2.61. The maximum Gasteiger partial charge on any atom is -0.0116 e. The zero-order valence-corrected chi connectivity index (χ0v) is 8.69. The molecule has 1 aromatic rings. The molecule has 0 bridgehead atoms. The number of rotatable bonds is 1. The molecule has 13 heavy (non-hydrogen) atoms. The standard InChI is InChI=1S/C12H13P/c13-12-9-5-4-8-11(12)10-6-2-1-3-7-10/h2,4-9H,1,3,13H2. The van der Waals surface area contributed by atoms with Crippen LogP contribution in [0.4, 0.5) is 0 Å². The van der Waals surface area contributed by atoms with E-state index in [1.54, 1.807) is 0 Å². The van der Waals surface area contributed by atoms with E-state index in [9.17, 15) is 0 Å². The first kappa shape index (κ1) is 8.72. The Balaban J connectivity index is 2.40. The molecule has 66 valence electrons. The second kappa shape index (κ2) is 3.89. The highest BCUT2D eigenvalue weighted by Gasteiger charge is 2.02. The van der Waals surface area contributed by atoms with Gasteiger partial charge < -0.3 is 0 Å². The highest BCUT2D eigenvalue weighted by molar-refractivity contribution is 7.27. The minimum absolute atomic E-state index is 1.17. The summed E-state index contributed by atoms with van der Waals surface area (Å²) in [6, 6.07) is 8.46. The van der Waals surface area contributed by atoms with Crippen molar-refractivity contribution in [3.05, 3.63) is 48.1 Å². The molecular formula is C12H13P. The minimum Gasteiger partial charge on any atom is -0.105 e. The number of hydrogen-bond acceptors (Lipinski definition) is 0. The quantitative estimate of drug-likeness (QED) is 0.594. The van der Waals surface area contributed by atoms with Crippen LogP contribution in [-0.4, -0.2) is 0 Å². The first-order valence-corrected chi connectivity index (χ1v) is 5.17. The second-order valence-electron chi connectivity index (χ2n) is 3.23. The molecular weight excluding hydrogens is 175 g/mol. The summed E-state index contributed by atoms with van der Waals surface area (Å²) in [5.74, 6) is 0. The SMILES string of the molecule is Pc1ccccc1C1=CCCC=C1. The first-order chi connectivity index (χ1) is 6.38. The van der Waals surface area contributed by atoms with E-state index in [1.165, 1.54) is 29.3 Å². The fourth-order valence-corrected chi connectivity index (χ4v) is 1.95. The summed E-state index contributed by atoms with van der Waals surface area (Å²) in [4.78, 5) is 0. The van der Waals surface area contributed by atoms with Gasteiger partial charge in [-0.3, -0.25) is 0 Å². The Labute approximate surface area is 81.6 Å². The molecule has 0 saturated heterocycles. The summed E-state index contributed by atoms with van der Waals surface area (Å²) in [6.45, 7) is 0. The van der Waals surface area contributed by atoms with Gasteiger partial charge in [0.15, 0.2) is 0 Å². The van der Waals surface area contributed by atoms with Crippen LogP contribution in [0.5, 0.6) is 0 Å². The smallest absolute Gasteiger partial charge is 0.0116 e. The van der Waals surface area contributed by atoms with Crippen molar-refractivity contribution in [3.8, 4) is 0 Å². The van der Waals surface area contributed by atoms with Gasteiger partial charge in [0.2, 0.25) is 0 Å². The molecule has 0 aromatic heterocycles. The van der Waals surface area contributed by atoms with Crippen LogP contribution in [0.2, 0.25) is 0 Å². The minimum atomic E-state index is 1.17. The number of benzene rings is 1. The summed E-state index contributed by atoms with van der Waals surface area (Å²) in [6.07, 6.45) is 9.12. The van der Waals surface area contributed by atoms with E-state index in [0.29, 0.717) is 0 Å². The molecule has 0 saturated carbocycles. The fraction of sp³-hybridized carbons (Fsp3) is 0.167. The highest BCUT2D eigenvalue weighted by Crippen LogP contribution is 2.20. The van der Waals surface area contributed by atoms with Crippen molar-refractivity contribution >= 4 is 20.1 Å². The third-order valence-electron chi connectivity index (χ3n) is 2.27. The van der Waals surface area contributed by atoms with Crippen LogP contribution in [0.15, 0.2) is 42.5 Å². The van der Waals surface area contributed by atoms with Crippen molar-refractivity contribution in [2.24, 2.45) is 0 Å². The van der Waals surface area contributed by atoms with Crippen LogP contribution in [0.1, 0.15) is 18.4 Å². The molecule has 1 aliphatic rings. The van der Waals surface area contributed by atoms with Crippen molar-refractivity contribution in [1.82, 2.24) is 0 Å². The lowest BCUT2D eigenvalue weighted by Crippen LogP contribution is -1.99. The monoisotopic (exact) mass is 188 g/mol. The lowest BCUT2D eigenvalue weighted by atomic mass is 10.00. The molecule has 1 atom stereocenters. The summed E-state index contributed by atoms with van der Waals surface area (Å²) in [5.41, 5.74) is 2.69. The molecule has 1 aromatic carbocycles. The third kappa shape index (κ3) is 1.89. The average molecular weight is 188 g/mol. The van der Waals surface area contributed by atoms with E-state index in [2.05, 4.69) is 51.7 Å². The van der Waals surface area contributed by atoms with Crippen molar-refractivity contribution in [2.75, 3.05) is 0 Å². The normalized spacial score (nSPS) is 15.6. The van der Waals surface area contributed by atoms with Crippen molar-refractivity contribution in [1.29, 1.82) is 0 Å². The topological polar surface area (TPSA) is 0 Å². The largest absolute Gasteiger partial charge is 0.105 e. The van der Waals surface area contributed by atoms with E-state index in [4.69, 9.17) is 0 Å². The van der Waals surface area contributed by atoms with Gasteiger partial charge in [-0.1, -0.05) is 42.5 Å². The zero-order valence-electron chi connectivity index (χ0n) is 7.53. The number of hydrogen-bond donors (Lipinski definition) is 0. The molecule has 0 amide bonds. The predicted molar refractivity (Wildman–Crippen MR) is 62.1 cm³/mol. The summed E-state index contributed by atoms with van der Waals surface area (Å²) in [5, 5.41) is 1.28. The first-order valence-electron chi connectivity index (χ1n) is 4.59. The van der Waals surface area contributed by atoms with E-state index in [1.807, 2.05) is 0 Å². The van der Waals surface area contributed by atoms with Gasteiger partial charge in [-0.25, -0.2) is 0 Å². The van der Waals surface area contributed by atoms with Gasteiger partial charge in [-0.2, -0.15) is 0 Å². The van der Waals surface area contributed by atoms with E-state index < -0.39 is 0 Å². The molecule has 0 spiro atoms. The molecule has 0 N–H and O–H groups in total. The van der Waals surface area contributed by atoms with Crippen molar-refractivity contribution < 1.29 is 0 Å². The molecule has 0 radical (unpaired) electrons. The summed E-state index contributed by atoms with van der Waals surface area (Å²) >= 11 is 0. The molecule has 1 aliphatic carbocycles. The number of allylic oxidation sites excluding steroid dienone is 4. The Bertz CT molecular complexity index is 361. The predicted octanol–water partition coefficient (Wildman–Crippen LogP) is 2.92. The van der Waals surface area contributed by atoms with Gasteiger partial charge in [0.1, 0.15) is 0 Å². The molecule has 0 aliphatic heterocycles. The van der Waals surface area contributed by atoms with E-state index in [-0.39, 0.29) is 0 Å². The Morgan fingerprint density at radius 1 is 1.08 bits per heavy atom. The lowest BCUT2D eigenvalue weighted by molar-refractivity contribution is 1.04. The molecule has 0 nitrogen and oxygen atoms in total. The molecule has 1 unspecified atom stereocenters. The fourth-order valence-electron chi connectivity index (χ4n) is 1.57. The van der Waals surface area contributed by atoms with E-state index in [0.717, 1.165) is 0 Å². The zero-order chi connectivity index (χ0) is 9.10. The highest BCUT2D eigenvalue weighted by atomic mass is 31.0. The third-order valence-corrected chi connectivity index (χ3v) is 2.77. The van der Waals surface area contributed by atoms with Crippen LogP contribution >= 0.6 is 9.24 Å². The van der Waals surface area contributed by atoms with Crippen LogP contribution < -0.4 is 5.30 Å². The summed E-state index contributed by atoms with van der Waals surface area (Å²) < 4.78 is 0. The second-order valence-corrected chi connectivity index (χ2v) is 3.85. The molecule has 1 heteroatoms. The van der Waals surface area contributed by atoms with Crippen molar-refractivity contribution in [2.45, 2.75) is 12.8 Å². The maximum atomic E-state index is 2.78. The van der Waals surface area contributed by atoms with Crippen molar-refractivity contribution in [3.63, 3.8) is 0 Å². The van der Waals surface area contributed by atoms with Gasteiger partial charge in [0.25, 0.3) is 0 Å². The van der Waals surface area contributed by atoms with Gasteiger partial charge in [-0.15, -0.1) is 9.24 Å². The van der Waals surface area contributed by atoms with Crippen LogP contribution in [0.3, 0.4) is 0 Å². The molecule has 2 rings (SSSR count). The lowest BCUT2D eigenvalue weighted by Gasteiger charge is -2.09. The van der Waals surface area contributed by atoms with Gasteiger partial charge in [-0.05, 0) is 29.3 Å². The Hall–Kier alpha value is -0.870. The van der Waals surface area contributed by atoms with E-state index >= 15 is 0 Å². The molecule has 0 fully saturated rings. The summed E-state index contributed by atoms with van der Waals surface area (Å²) in [7, 11) is 2.78. The molecule has 0 heterocycles. The van der Waals surface area contributed by atoms with Gasteiger partial charge in [0.05, 0.1) is 0 Å². The Morgan fingerprint density at radius 3 is 2.62 bits per heavy atom. The van der Waals surface area contributed by atoms with Gasteiger partial charge >= 0.3 is 0 Å². The van der Waals surface area contributed by atoms with Gasteiger partial charge in [0, 0.05) is 0 Å². The maximum absolute atomic E-state index is 2.78. The average Bonchev–Trinajstić information content (AvgIpc) is 2.20. The van der Waals surface area contributed by atoms with Crippen LogP contribution in [-0.2, 0) is 0 Å². The van der Waals surface area contributed by atoms with Crippen LogP contribution in [0, 0.1) is 0 Å². The Morgan fingerprint density at radius 2 is 1.92 bits per heavy atom.